The number of amidine groups is 1. The molecule has 1 amide bonds. The van der Waals surface area contributed by atoms with Crippen LogP contribution in [0.25, 0.3) is 11.1 Å². The molecule has 0 bridgehead atoms. The lowest BCUT2D eigenvalue weighted by Crippen LogP contribution is -2.55. The van der Waals surface area contributed by atoms with Gasteiger partial charge in [-0.25, -0.2) is 5.43 Å². The third-order valence-corrected chi connectivity index (χ3v) is 5.58. The zero-order valence-electron chi connectivity index (χ0n) is 16.4. The maximum absolute atomic E-state index is 12.2. The minimum absolute atomic E-state index is 0.129. The predicted molar refractivity (Wildman–Crippen MR) is 112 cm³/mol. The van der Waals surface area contributed by atoms with E-state index >= 15 is 0 Å². The molecule has 150 valence electrons. The number of fused-ring (bicyclic) bond motifs is 3. The van der Waals surface area contributed by atoms with Crippen molar-refractivity contribution in [3.63, 3.8) is 0 Å². The van der Waals surface area contributed by atoms with Crippen LogP contribution in [0.3, 0.4) is 0 Å². The van der Waals surface area contributed by atoms with Crippen LogP contribution >= 0.6 is 0 Å². The van der Waals surface area contributed by atoms with Gasteiger partial charge in [-0.05, 0) is 36.8 Å². The van der Waals surface area contributed by atoms with Gasteiger partial charge in [-0.2, -0.15) is 5.10 Å². The lowest BCUT2D eigenvalue weighted by atomic mass is 9.99. The van der Waals surface area contributed by atoms with Gasteiger partial charge in [0.2, 0.25) is 0 Å². The number of amides is 1. The molecular weight excluding hydrogens is 370 g/mol. The van der Waals surface area contributed by atoms with Crippen molar-refractivity contribution in [2.24, 2.45) is 5.10 Å². The molecule has 8 nitrogen and oxygen atoms in total. The number of carbonyl (C=O) groups is 1. The largest absolute Gasteiger partial charge is 0.497 e. The first-order valence-electron chi connectivity index (χ1n) is 9.72. The third-order valence-electron chi connectivity index (χ3n) is 5.58. The molecule has 2 aromatic carbocycles. The number of nitrogens with zero attached hydrogens (tertiary/aromatic N) is 2. The molecule has 0 radical (unpaired) electrons. The molecule has 3 aliphatic rings. The lowest BCUT2D eigenvalue weighted by Gasteiger charge is -2.39. The number of hydrogen-bond donors (Lipinski definition) is 3. The molecule has 0 saturated carbocycles. The van der Waals surface area contributed by atoms with Crippen molar-refractivity contribution >= 4 is 23.1 Å². The van der Waals surface area contributed by atoms with Crippen LogP contribution in [0.15, 0.2) is 41.5 Å². The standard InChI is InChI=1S/C21H23N5O3/c1-12-21(27)25-24-20-11-29-19-7-16(13-4-3-5-15(6-13)28-2)17(8-18(19)26(12)20)23-14-9-22-10-14/h3-8,12,14,22-23H,9-11H2,1-2H3,(H,25,27). The fourth-order valence-electron chi connectivity index (χ4n) is 3.83. The lowest BCUT2D eigenvalue weighted by molar-refractivity contribution is -0.122. The maximum Gasteiger partial charge on any atom is 0.262 e. The Labute approximate surface area is 168 Å². The Morgan fingerprint density at radius 1 is 1.28 bits per heavy atom. The van der Waals surface area contributed by atoms with Crippen molar-refractivity contribution in [2.75, 3.05) is 37.0 Å². The third kappa shape index (κ3) is 3.05. The van der Waals surface area contributed by atoms with Crippen molar-refractivity contribution in [2.45, 2.75) is 19.0 Å². The van der Waals surface area contributed by atoms with Crippen LogP contribution < -0.4 is 30.4 Å². The minimum atomic E-state index is -0.356. The van der Waals surface area contributed by atoms with Gasteiger partial charge in [-0.3, -0.25) is 4.79 Å². The SMILES string of the molecule is COc1cccc(-c2cc3c(cc2NC2CNC2)N2C(=NNC(=O)C2C)CO3)c1. The Hall–Kier alpha value is -3.26. The van der Waals surface area contributed by atoms with E-state index in [1.54, 1.807) is 7.11 Å². The molecule has 1 unspecified atom stereocenters. The zero-order valence-corrected chi connectivity index (χ0v) is 16.4. The number of benzene rings is 2. The smallest absolute Gasteiger partial charge is 0.262 e. The normalized spacial score (nSPS) is 20.5. The van der Waals surface area contributed by atoms with E-state index in [1.807, 2.05) is 36.1 Å². The van der Waals surface area contributed by atoms with Gasteiger partial charge in [-0.15, -0.1) is 0 Å². The number of ether oxygens (including phenoxy) is 2. The summed E-state index contributed by atoms with van der Waals surface area (Å²) in [5.41, 5.74) is 6.47. The van der Waals surface area contributed by atoms with Crippen molar-refractivity contribution in [3.8, 4) is 22.6 Å². The molecule has 0 aromatic heterocycles. The predicted octanol–water partition coefficient (Wildman–Crippen LogP) is 1.78. The fourth-order valence-corrected chi connectivity index (χ4v) is 3.83. The number of carbonyl (C=O) groups excluding carboxylic acids is 1. The summed E-state index contributed by atoms with van der Waals surface area (Å²) in [6.45, 7) is 4.02. The first kappa shape index (κ1) is 17.8. The summed E-state index contributed by atoms with van der Waals surface area (Å²) < 4.78 is 11.4. The average molecular weight is 393 g/mol. The van der Waals surface area contributed by atoms with E-state index in [1.165, 1.54) is 0 Å². The zero-order chi connectivity index (χ0) is 20.0. The van der Waals surface area contributed by atoms with E-state index in [4.69, 9.17) is 9.47 Å². The average Bonchev–Trinajstić information content (AvgIpc) is 2.72. The summed E-state index contributed by atoms with van der Waals surface area (Å²) in [6.07, 6.45) is 0. The van der Waals surface area contributed by atoms with Crippen LogP contribution in [0.2, 0.25) is 0 Å². The van der Waals surface area contributed by atoms with E-state index in [9.17, 15) is 4.79 Å². The van der Waals surface area contributed by atoms with Gasteiger partial charge in [0, 0.05) is 24.3 Å². The van der Waals surface area contributed by atoms with Crippen LogP contribution in [0.1, 0.15) is 6.92 Å². The van der Waals surface area contributed by atoms with Crippen LogP contribution in [0, 0.1) is 0 Å². The number of nitrogens with one attached hydrogen (secondary N) is 3. The molecule has 1 fully saturated rings. The minimum Gasteiger partial charge on any atom is -0.497 e. The number of rotatable bonds is 4. The first-order chi connectivity index (χ1) is 14.1. The Balaban J connectivity index is 1.63. The van der Waals surface area contributed by atoms with Crippen LogP contribution in [-0.4, -0.2) is 50.6 Å². The molecule has 0 aliphatic carbocycles. The molecule has 3 aliphatic heterocycles. The molecule has 3 heterocycles. The van der Waals surface area contributed by atoms with Crippen LogP contribution in [-0.2, 0) is 4.79 Å². The molecule has 1 saturated heterocycles. The summed E-state index contributed by atoms with van der Waals surface area (Å²) in [5.74, 6) is 2.11. The second-order valence-electron chi connectivity index (χ2n) is 7.44. The number of anilines is 2. The second-order valence-corrected chi connectivity index (χ2v) is 7.44. The molecule has 0 spiro atoms. The van der Waals surface area contributed by atoms with E-state index in [0.29, 0.717) is 18.5 Å². The Morgan fingerprint density at radius 2 is 2.14 bits per heavy atom. The summed E-state index contributed by atoms with van der Waals surface area (Å²) >= 11 is 0. The summed E-state index contributed by atoms with van der Waals surface area (Å²) in [5, 5.41) is 11.1. The monoisotopic (exact) mass is 393 g/mol. The fraction of sp³-hybridized carbons (Fsp3) is 0.333. The van der Waals surface area contributed by atoms with Crippen LogP contribution in [0.5, 0.6) is 11.5 Å². The molecule has 1 atom stereocenters. The van der Waals surface area contributed by atoms with Crippen molar-refractivity contribution in [1.82, 2.24) is 10.7 Å². The van der Waals surface area contributed by atoms with Crippen molar-refractivity contribution < 1.29 is 14.3 Å². The Bertz CT molecular complexity index is 1000. The molecule has 5 rings (SSSR count). The van der Waals surface area contributed by atoms with E-state index in [0.717, 1.165) is 47.1 Å². The Kier molecular flexibility index (Phi) is 4.28. The Morgan fingerprint density at radius 3 is 2.90 bits per heavy atom. The molecule has 8 heteroatoms. The quantitative estimate of drug-likeness (QED) is 0.734. The highest BCUT2D eigenvalue weighted by molar-refractivity contribution is 6.10. The molecule has 2 aromatic rings. The first-order valence-corrected chi connectivity index (χ1v) is 9.72. The van der Waals surface area contributed by atoms with Crippen LogP contribution in [0.4, 0.5) is 11.4 Å². The van der Waals surface area contributed by atoms with Gasteiger partial charge in [0.25, 0.3) is 5.91 Å². The second kappa shape index (κ2) is 6.97. The van der Waals surface area contributed by atoms with Gasteiger partial charge in [0.05, 0.1) is 18.8 Å². The number of methoxy groups -OCH3 is 1. The van der Waals surface area contributed by atoms with Gasteiger partial charge in [0.15, 0.2) is 5.84 Å². The van der Waals surface area contributed by atoms with Gasteiger partial charge in [0.1, 0.15) is 24.1 Å². The van der Waals surface area contributed by atoms with E-state index in [-0.39, 0.29) is 11.9 Å². The summed E-state index contributed by atoms with van der Waals surface area (Å²) in [4.78, 5) is 14.2. The van der Waals surface area contributed by atoms with Crippen molar-refractivity contribution in [3.05, 3.63) is 36.4 Å². The highest BCUT2D eigenvalue weighted by atomic mass is 16.5. The molecule has 3 N–H and O–H groups in total. The van der Waals surface area contributed by atoms with E-state index in [2.05, 4.69) is 33.3 Å². The van der Waals surface area contributed by atoms with Gasteiger partial charge >= 0.3 is 0 Å². The van der Waals surface area contributed by atoms with Gasteiger partial charge < -0.3 is 25.0 Å². The van der Waals surface area contributed by atoms with Gasteiger partial charge in [-0.1, -0.05) is 12.1 Å². The number of hydrogen-bond acceptors (Lipinski definition) is 7. The summed E-state index contributed by atoms with van der Waals surface area (Å²) in [7, 11) is 1.66. The maximum atomic E-state index is 12.2. The molecular formula is C21H23N5O3. The topological polar surface area (TPSA) is 87.2 Å². The summed E-state index contributed by atoms with van der Waals surface area (Å²) in [6, 6.07) is 12.1. The highest BCUT2D eigenvalue weighted by Gasteiger charge is 2.36. The van der Waals surface area contributed by atoms with Crippen molar-refractivity contribution in [1.29, 1.82) is 0 Å². The molecule has 29 heavy (non-hydrogen) atoms. The van der Waals surface area contributed by atoms with E-state index < -0.39 is 0 Å². The number of hydrazone groups is 1. The highest BCUT2D eigenvalue weighted by Crippen LogP contribution is 2.43.